The van der Waals surface area contributed by atoms with Gasteiger partial charge in [-0.1, -0.05) is 78.9 Å². The van der Waals surface area contributed by atoms with Crippen molar-refractivity contribution in [2.45, 2.75) is 6.42 Å². The van der Waals surface area contributed by atoms with E-state index in [2.05, 4.69) is 46.9 Å². The van der Waals surface area contributed by atoms with E-state index in [1.165, 1.54) is 5.56 Å². The van der Waals surface area contributed by atoms with Crippen LogP contribution in [0.4, 0.5) is 5.69 Å². The molecule has 22 heavy (non-hydrogen) atoms. The highest BCUT2D eigenvalue weighted by atomic mass is 15.3. The summed E-state index contributed by atoms with van der Waals surface area (Å²) in [4.78, 5) is 0. The lowest BCUT2D eigenvalue weighted by atomic mass is 10.0. The van der Waals surface area contributed by atoms with Crippen molar-refractivity contribution in [3.8, 4) is 0 Å². The fourth-order valence-corrected chi connectivity index (χ4v) is 2.27. The molecule has 2 nitrogen and oxygen atoms in total. The first-order valence-corrected chi connectivity index (χ1v) is 7.39. The van der Waals surface area contributed by atoms with Crippen LogP contribution in [0.3, 0.4) is 0 Å². The molecule has 2 heteroatoms. The smallest absolute Gasteiger partial charge is 0.0723 e. The number of anilines is 1. The summed E-state index contributed by atoms with van der Waals surface area (Å²) in [7, 11) is 0. The van der Waals surface area contributed by atoms with Crippen LogP contribution in [0.5, 0.6) is 0 Å². The van der Waals surface area contributed by atoms with Crippen molar-refractivity contribution in [3.05, 3.63) is 102 Å². The summed E-state index contributed by atoms with van der Waals surface area (Å²) >= 11 is 0. The Labute approximate surface area is 131 Å². The Balaban J connectivity index is 1.86. The monoisotopic (exact) mass is 286 g/mol. The summed E-state index contributed by atoms with van der Waals surface area (Å²) in [6.45, 7) is 0. The van der Waals surface area contributed by atoms with E-state index in [0.29, 0.717) is 0 Å². The fraction of sp³-hybridized carbons (Fsp3) is 0.0500. The predicted octanol–water partition coefficient (Wildman–Crippen LogP) is 4.75. The fourth-order valence-electron chi connectivity index (χ4n) is 2.27. The predicted molar refractivity (Wildman–Crippen MR) is 93.2 cm³/mol. The first kappa shape index (κ1) is 14.1. The van der Waals surface area contributed by atoms with Gasteiger partial charge < -0.3 is 0 Å². The largest absolute Gasteiger partial charge is 0.278 e. The Bertz CT molecular complexity index is 719. The van der Waals surface area contributed by atoms with Gasteiger partial charge in [0, 0.05) is 6.42 Å². The summed E-state index contributed by atoms with van der Waals surface area (Å²) < 4.78 is 0. The van der Waals surface area contributed by atoms with Crippen LogP contribution in [0.15, 0.2) is 96.1 Å². The molecule has 3 aromatic carbocycles. The van der Waals surface area contributed by atoms with Gasteiger partial charge >= 0.3 is 0 Å². The van der Waals surface area contributed by atoms with Gasteiger partial charge in [0.15, 0.2) is 0 Å². The zero-order valence-corrected chi connectivity index (χ0v) is 12.3. The summed E-state index contributed by atoms with van der Waals surface area (Å²) in [5, 5.41) is 4.63. The molecule has 1 N–H and O–H groups in total. The van der Waals surface area contributed by atoms with Crippen LogP contribution in [0.2, 0.25) is 0 Å². The van der Waals surface area contributed by atoms with Gasteiger partial charge in [-0.15, -0.1) is 0 Å². The van der Waals surface area contributed by atoms with Crippen molar-refractivity contribution in [1.29, 1.82) is 0 Å². The lowest BCUT2D eigenvalue weighted by Crippen LogP contribution is -2.08. The molecule has 3 rings (SSSR count). The summed E-state index contributed by atoms with van der Waals surface area (Å²) in [6, 6.07) is 30.7. The van der Waals surface area contributed by atoms with E-state index in [-0.39, 0.29) is 0 Å². The highest BCUT2D eigenvalue weighted by Crippen LogP contribution is 2.11. The van der Waals surface area contributed by atoms with Gasteiger partial charge in [0.05, 0.1) is 11.4 Å². The topological polar surface area (TPSA) is 24.4 Å². The average Bonchev–Trinajstić information content (AvgIpc) is 2.61. The summed E-state index contributed by atoms with van der Waals surface area (Å²) in [6.07, 6.45) is 0.796. The second-order valence-electron chi connectivity index (χ2n) is 5.06. The first-order valence-electron chi connectivity index (χ1n) is 7.39. The van der Waals surface area contributed by atoms with Gasteiger partial charge in [-0.2, -0.15) is 5.10 Å². The molecule has 0 atom stereocenters. The molecule has 0 aliphatic heterocycles. The summed E-state index contributed by atoms with van der Waals surface area (Å²) in [5.41, 5.74) is 7.55. The van der Waals surface area contributed by atoms with E-state index in [1.54, 1.807) is 0 Å². The summed E-state index contributed by atoms with van der Waals surface area (Å²) in [5.74, 6) is 0. The third-order valence-electron chi connectivity index (χ3n) is 3.42. The minimum absolute atomic E-state index is 0.796. The van der Waals surface area contributed by atoms with Crippen molar-refractivity contribution >= 4 is 11.4 Å². The van der Waals surface area contributed by atoms with E-state index >= 15 is 0 Å². The van der Waals surface area contributed by atoms with Crippen LogP contribution in [0.25, 0.3) is 0 Å². The molecule has 3 aromatic rings. The van der Waals surface area contributed by atoms with Gasteiger partial charge in [0.2, 0.25) is 0 Å². The maximum Gasteiger partial charge on any atom is 0.0723 e. The quantitative estimate of drug-likeness (QED) is 0.531. The third-order valence-corrected chi connectivity index (χ3v) is 3.42. The van der Waals surface area contributed by atoms with Crippen LogP contribution >= 0.6 is 0 Å². The minimum atomic E-state index is 0.796. The Morgan fingerprint density at radius 1 is 0.682 bits per heavy atom. The van der Waals surface area contributed by atoms with E-state index in [1.807, 2.05) is 54.6 Å². The molecule has 0 aliphatic rings. The highest BCUT2D eigenvalue weighted by Gasteiger charge is 2.05. The van der Waals surface area contributed by atoms with Gasteiger partial charge in [-0.3, -0.25) is 5.43 Å². The number of benzene rings is 3. The van der Waals surface area contributed by atoms with Crippen LogP contribution in [0, 0.1) is 0 Å². The van der Waals surface area contributed by atoms with Crippen molar-refractivity contribution in [2.24, 2.45) is 5.10 Å². The Morgan fingerprint density at radius 2 is 1.23 bits per heavy atom. The van der Waals surface area contributed by atoms with Crippen molar-refractivity contribution in [3.63, 3.8) is 0 Å². The van der Waals surface area contributed by atoms with Crippen molar-refractivity contribution < 1.29 is 0 Å². The second-order valence-corrected chi connectivity index (χ2v) is 5.06. The van der Waals surface area contributed by atoms with Gasteiger partial charge in [0.25, 0.3) is 0 Å². The third kappa shape index (κ3) is 3.83. The molecular weight excluding hydrogens is 268 g/mol. The number of nitrogens with zero attached hydrogens (tertiary/aromatic N) is 1. The standard InChI is InChI=1S/C20H18N2/c1-4-10-17(11-5-1)16-20(18-12-6-2-7-13-18)22-21-19-14-8-3-9-15-19/h1-15,21H,16H2. The van der Waals surface area contributed by atoms with Crippen LogP contribution in [-0.2, 0) is 6.42 Å². The van der Waals surface area contributed by atoms with E-state index in [4.69, 9.17) is 0 Å². The number of hydrogen-bond acceptors (Lipinski definition) is 2. The SMILES string of the molecule is c1ccc(CC(=NNc2ccccc2)c2ccccc2)cc1. The lowest BCUT2D eigenvalue weighted by Gasteiger charge is -2.08. The molecule has 0 saturated heterocycles. The molecular formula is C20H18N2. The van der Waals surface area contributed by atoms with E-state index in [0.717, 1.165) is 23.4 Å². The van der Waals surface area contributed by atoms with Gasteiger partial charge in [0.1, 0.15) is 0 Å². The number of para-hydroxylation sites is 1. The normalized spacial score (nSPS) is 11.2. The Kier molecular flexibility index (Phi) is 4.63. The number of hydrazone groups is 1. The van der Waals surface area contributed by atoms with Crippen LogP contribution in [-0.4, -0.2) is 5.71 Å². The molecule has 0 saturated carbocycles. The molecule has 0 unspecified atom stereocenters. The Morgan fingerprint density at radius 3 is 1.86 bits per heavy atom. The van der Waals surface area contributed by atoms with Crippen molar-refractivity contribution in [1.82, 2.24) is 0 Å². The number of nitrogens with one attached hydrogen (secondary N) is 1. The van der Waals surface area contributed by atoms with Crippen LogP contribution in [0.1, 0.15) is 11.1 Å². The van der Waals surface area contributed by atoms with Crippen LogP contribution < -0.4 is 5.43 Å². The second kappa shape index (κ2) is 7.23. The molecule has 0 aromatic heterocycles. The van der Waals surface area contributed by atoms with E-state index < -0.39 is 0 Å². The number of hydrogen-bond donors (Lipinski definition) is 1. The molecule has 0 aliphatic carbocycles. The Hall–Kier alpha value is -2.87. The zero-order chi connectivity index (χ0) is 15.0. The molecule has 0 amide bonds. The molecule has 0 heterocycles. The van der Waals surface area contributed by atoms with Gasteiger partial charge in [-0.25, -0.2) is 0 Å². The lowest BCUT2D eigenvalue weighted by molar-refractivity contribution is 1.25. The molecule has 108 valence electrons. The zero-order valence-electron chi connectivity index (χ0n) is 12.3. The maximum atomic E-state index is 4.63. The highest BCUT2D eigenvalue weighted by molar-refractivity contribution is 6.02. The number of rotatable bonds is 5. The van der Waals surface area contributed by atoms with Crippen molar-refractivity contribution in [2.75, 3.05) is 5.43 Å². The molecule has 0 spiro atoms. The molecule has 0 radical (unpaired) electrons. The first-order chi connectivity index (χ1) is 10.9. The maximum absolute atomic E-state index is 4.63. The van der Waals surface area contributed by atoms with E-state index in [9.17, 15) is 0 Å². The average molecular weight is 286 g/mol. The van der Waals surface area contributed by atoms with Gasteiger partial charge in [-0.05, 0) is 23.3 Å². The molecule has 0 bridgehead atoms. The minimum Gasteiger partial charge on any atom is -0.278 e. The molecule has 0 fully saturated rings.